The second-order valence-corrected chi connectivity index (χ2v) is 6.23. The van der Waals surface area contributed by atoms with Crippen molar-refractivity contribution in [3.63, 3.8) is 0 Å². The van der Waals surface area contributed by atoms with E-state index in [4.69, 9.17) is 0 Å². The molecule has 0 aliphatic carbocycles. The van der Waals surface area contributed by atoms with E-state index in [0.29, 0.717) is 0 Å². The molecule has 0 aliphatic rings. The minimum Gasteiger partial charge on any atom is -0.394 e. The average molecular weight is 367 g/mol. The molecule has 2 aromatic rings. The first-order chi connectivity index (χ1) is 9.03. The maximum atomic E-state index is 9.76. The number of aliphatic hydroxyl groups is 1. The van der Waals surface area contributed by atoms with Crippen molar-refractivity contribution in [2.75, 3.05) is 11.9 Å². The SMILES string of the molecule is Cc1ccc(NC(C)(CO)c2ccc(I)cc2)cc1. The Morgan fingerprint density at radius 2 is 1.63 bits per heavy atom. The van der Waals surface area contributed by atoms with E-state index in [-0.39, 0.29) is 6.61 Å². The quantitative estimate of drug-likeness (QED) is 0.803. The lowest BCUT2D eigenvalue weighted by Gasteiger charge is -2.30. The average Bonchev–Trinajstić information content (AvgIpc) is 2.42. The molecule has 3 heteroatoms. The molecule has 1 unspecified atom stereocenters. The van der Waals surface area contributed by atoms with Crippen LogP contribution in [0.25, 0.3) is 0 Å². The molecule has 2 N–H and O–H groups in total. The van der Waals surface area contributed by atoms with Crippen molar-refractivity contribution in [1.82, 2.24) is 0 Å². The number of anilines is 1. The first-order valence-corrected chi connectivity index (χ1v) is 7.33. The molecule has 0 aromatic heterocycles. The van der Waals surface area contributed by atoms with Crippen molar-refractivity contribution in [2.24, 2.45) is 0 Å². The van der Waals surface area contributed by atoms with E-state index in [2.05, 4.69) is 71.2 Å². The summed E-state index contributed by atoms with van der Waals surface area (Å²) in [4.78, 5) is 0. The van der Waals surface area contributed by atoms with Gasteiger partial charge in [-0.2, -0.15) is 0 Å². The maximum Gasteiger partial charge on any atom is 0.0828 e. The highest BCUT2D eigenvalue weighted by atomic mass is 127. The van der Waals surface area contributed by atoms with E-state index in [1.807, 2.05) is 19.1 Å². The summed E-state index contributed by atoms with van der Waals surface area (Å²) >= 11 is 2.28. The zero-order chi connectivity index (χ0) is 13.9. The van der Waals surface area contributed by atoms with E-state index in [0.717, 1.165) is 11.3 Å². The Hall–Kier alpha value is -1.07. The normalized spacial score (nSPS) is 13.9. The van der Waals surface area contributed by atoms with Gasteiger partial charge >= 0.3 is 0 Å². The van der Waals surface area contributed by atoms with Crippen LogP contribution in [0.2, 0.25) is 0 Å². The number of hydrogen-bond donors (Lipinski definition) is 2. The molecular formula is C16H18INO. The zero-order valence-electron chi connectivity index (χ0n) is 11.2. The topological polar surface area (TPSA) is 32.3 Å². The van der Waals surface area contributed by atoms with Gasteiger partial charge in [0.1, 0.15) is 0 Å². The van der Waals surface area contributed by atoms with Crippen molar-refractivity contribution in [1.29, 1.82) is 0 Å². The van der Waals surface area contributed by atoms with Crippen LogP contribution in [0.5, 0.6) is 0 Å². The molecule has 0 saturated carbocycles. The molecule has 100 valence electrons. The van der Waals surface area contributed by atoms with E-state index >= 15 is 0 Å². The Kier molecular flexibility index (Phi) is 4.47. The van der Waals surface area contributed by atoms with Gasteiger partial charge in [-0.15, -0.1) is 0 Å². The number of aliphatic hydroxyl groups excluding tert-OH is 1. The maximum absolute atomic E-state index is 9.76. The second kappa shape index (κ2) is 5.92. The van der Waals surface area contributed by atoms with E-state index < -0.39 is 5.54 Å². The summed E-state index contributed by atoms with van der Waals surface area (Å²) in [6.45, 7) is 4.12. The molecular weight excluding hydrogens is 349 g/mol. The minimum absolute atomic E-state index is 0.0431. The van der Waals surface area contributed by atoms with Gasteiger partial charge < -0.3 is 10.4 Å². The van der Waals surface area contributed by atoms with Crippen LogP contribution >= 0.6 is 22.6 Å². The van der Waals surface area contributed by atoms with Gasteiger partial charge in [-0.1, -0.05) is 29.8 Å². The van der Waals surface area contributed by atoms with Crippen molar-refractivity contribution in [2.45, 2.75) is 19.4 Å². The van der Waals surface area contributed by atoms with Crippen LogP contribution in [0.3, 0.4) is 0 Å². The first kappa shape index (κ1) is 14.3. The van der Waals surface area contributed by atoms with Gasteiger partial charge in [-0.25, -0.2) is 0 Å². The molecule has 2 nitrogen and oxygen atoms in total. The van der Waals surface area contributed by atoms with Crippen LogP contribution in [0.4, 0.5) is 5.69 Å². The Labute approximate surface area is 128 Å². The third-order valence-corrected chi connectivity index (χ3v) is 3.99. The smallest absolute Gasteiger partial charge is 0.0828 e. The number of hydrogen-bond acceptors (Lipinski definition) is 2. The van der Waals surface area contributed by atoms with Crippen LogP contribution in [-0.4, -0.2) is 11.7 Å². The van der Waals surface area contributed by atoms with Gasteiger partial charge in [-0.05, 0) is 66.3 Å². The number of benzene rings is 2. The van der Waals surface area contributed by atoms with Gasteiger partial charge in [0.15, 0.2) is 0 Å². The number of aryl methyl sites for hydroxylation is 1. The largest absolute Gasteiger partial charge is 0.394 e. The lowest BCUT2D eigenvalue weighted by molar-refractivity contribution is 0.224. The summed E-state index contributed by atoms with van der Waals surface area (Å²) in [5, 5.41) is 13.2. The van der Waals surface area contributed by atoms with Gasteiger partial charge in [0, 0.05) is 9.26 Å². The van der Waals surface area contributed by atoms with Crippen LogP contribution in [-0.2, 0) is 5.54 Å². The summed E-state index contributed by atoms with van der Waals surface area (Å²) in [5.41, 5.74) is 2.85. The summed E-state index contributed by atoms with van der Waals surface area (Å²) in [6, 6.07) is 16.4. The third-order valence-electron chi connectivity index (χ3n) is 3.27. The summed E-state index contributed by atoms with van der Waals surface area (Å²) in [6.07, 6.45) is 0. The van der Waals surface area contributed by atoms with Crippen molar-refractivity contribution < 1.29 is 5.11 Å². The second-order valence-electron chi connectivity index (χ2n) is 4.99. The Bertz CT molecular complexity index is 536. The Morgan fingerprint density at radius 1 is 1.05 bits per heavy atom. The third kappa shape index (κ3) is 3.48. The molecule has 0 amide bonds. The summed E-state index contributed by atoms with van der Waals surface area (Å²) in [7, 11) is 0. The predicted molar refractivity (Wildman–Crippen MR) is 88.4 cm³/mol. The summed E-state index contributed by atoms with van der Waals surface area (Å²) in [5.74, 6) is 0. The highest BCUT2D eigenvalue weighted by Crippen LogP contribution is 2.26. The molecule has 0 spiro atoms. The molecule has 0 heterocycles. The standard InChI is InChI=1S/C16H18INO/c1-12-3-9-15(10-4-12)18-16(2,11-19)13-5-7-14(17)8-6-13/h3-10,18-19H,11H2,1-2H3. The number of halogens is 1. The monoisotopic (exact) mass is 367 g/mol. The predicted octanol–water partition coefficient (Wildman–Crippen LogP) is 3.92. The van der Waals surface area contributed by atoms with E-state index in [9.17, 15) is 5.11 Å². The fraction of sp³-hybridized carbons (Fsp3) is 0.250. The molecule has 1 atom stereocenters. The van der Waals surface area contributed by atoms with Crippen LogP contribution < -0.4 is 5.32 Å². The molecule has 0 saturated heterocycles. The Morgan fingerprint density at radius 3 is 2.16 bits per heavy atom. The highest BCUT2D eigenvalue weighted by Gasteiger charge is 2.25. The van der Waals surface area contributed by atoms with Crippen LogP contribution in [0, 0.1) is 10.5 Å². The van der Waals surface area contributed by atoms with Gasteiger partial charge in [0.25, 0.3) is 0 Å². The molecule has 19 heavy (non-hydrogen) atoms. The van der Waals surface area contributed by atoms with Crippen molar-refractivity contribution in [3.8, 4) is 0 Å². The molecule has 2 aromatic carbocycles. The Balaban J connectivity index is 2.27. The van der Waals surface area contributed by atoms with E-state index in [1.165, 1.54) is 9.13 Å². The lowest BCUT2D eigenvalue weighted by Crippen LogP contribution is -2.35. The fourth-order valence-electron chi connectivity index (χ4n) is 1.98. The number of rotatable bonds is 4. The first-order valence-electron chi connectivity index (χ1n) is 6.25. The molecule has 0 aliphatic heterocycles. The van der Waals surface area contributed by atoms with Crippen molar-refractivity contribution in [3.05, 3.63) is 63.2 Å². The minimum atomic E-state index is -0.473. The van der Waals surface area contributed by atoms with Gasteiger partial charge in [0.2, 0.25) is 0 Å². The van der Waals surface area contributed by atoms with E-state index in [1.54, 1.807) is 0 Å². The van der Waals surface area contributed by atoms with Crippen LogP contribution in [0.1, 0.15) is 18.1 Å². The van der Waals surface area contributed by atoms with Gasteiger partial charge in [0.05, 0.1) is 12.1 Å². The highest BCUT2D eigenvalue weighted by molar-refractivity contribution is 14.1. The fourth-order valence-corrected chi connectivity index (χ4v) is 2.34. The lowest BCUT2D eigenvalue weighted by atomic mass is 9.92. The summed E-state index contributed by atoms with van der Waals surface area (Å²) < 4.78 is 1.19. The van der Waals surface area contributed by atoms with Crippen molar-refractivity contribution >= 4 is 28.3 Å². The molecule has 0 fully saturated rings. The van der Waals surface area contributed by atoms with Gasteiger partial charge in [-0.3, -0.25) is 0 Å². The molecule has 0 radical (unpaired) electrons. The molecule has 0 bridgehead atoms. The molecule has 2 rings (SSSR count). The zero-order valence-corrected chi connectivity index (χ0v) is 13.3. The number of nitrogens with one attached hydrogen (secondary N) is 1. The van der Waals surface area contributed by atoms with Crippen LogP contribution in [0.15, 0.2) is 48.5 Å².